The minimum absolute atomic E-state index is 0.121. The highest BCUT2D eigenvalue weighted by atomic mass is 32.2. The maximum Gasteiger partial charge on any atom is 0.305 e. The van der Waals surface area contributed by atoms with Crippen LogP contribution < -0.4 is 14.8 Å². The summed E-state index contributed by atoms with van der Waals surface area (Å²) in [5.41, 5.74) is 1.21. The van der Waals surface area contributed by atoms with Crippen molar-refractivity contribution >= 4 is 35.0 Å². The number of rotatable bonds is 8. The number of para-hydroxylation sites is 1. The Kier molecular flexibility index (Phi) is 7.02. The Bertz CT molecular complexity index is 1010. The maximum absolute atomic E-state index is 13.4. The number of hydrogen-bond acceptors (Lipinski definition) is 7. The Morgan fingerprint density at radius 3 is 2.87 bits per heavy atom. The van der Waals surface area contributed by atoms with Crippen molar-refractivity contribution < 1.29 is 28.6 Å². The third-order valence-electron chi connectivity index (χ3n) is 3.98. The van der Waals surface area contributed by atoms with Crippen LogP contribution in [0.1, 0.15) is 17.5 Å². The minimum Gasteiger partial charge on any atom is -0.493 e. The predicted molar refractivity (Wildman–Crippen MR) is 111 cm³/mol. The van der Waals surface area contributed by atoms with Crippen molar-refractivity contribution in [3.05, 3.63) is 59.4 Å². The molecule has 0 aliphatic carbocycles. The highest BCUT2D eigenvalue weighted by Crippen LogP contribution is 2.31. The van der Waals surface area contributed by atoms with Gasteiger partial charge in [-0.25, -0.2) is 4.39 Å². The van der Waals surface area contributed by atoms with Gasteiger partial charge in [0.15, 0.2) is 16.7 Å². The van der Waals surface area contributed by atoms with Crippen molar-refractivity contribution in [3.8, 4) is 11.5 Å². The number of amidine groups is 1. The average Bonchev–Trinajstić information content (AvgIpc) is 3.05. The zero-order valence-corrected chi connectivity index (χ0v) is 16.7. The SMILES string of the molecule is COc1cccc(C=NN=C2NC(=O)C(CC(=O)O)S2)c1OCc1cccc(F)c1. The number of carboxylic acids is 1. The van der Waals surface area contributed by atoms with Gasteiger partial charge in [0.05, 0.1) is 19.7 Å². The van der Waals surface area contributed by atoms with E-state index in [0.717, 1.165) is 11.8 Å². The summed E-state index contributed by atoms with van der Waals surface area (Å²) >= 11 is 1.01. The lowest BCUT2D eigenvalue weighted by Gasteiger charge is -2.13. The molecule has 1 fully saturated rings. The summed E-state index contributed by atoms with van der Waals surface area (Å²) in [6.07, 6.45) is 1.13. The standard InChI is InChI=1S/C20H18FN3O5S/c1-28-15-7-3-5-13(18(15)29-11-12-4-2-6-14(21)8-12)10-22-24-20-23-19(27)16(30-20)9-17(25)26/h2-8,10,16H,9,11H2,1H3,(H,25,26)(H,23,24,27). The molecule has 2 aromatic carbocycles. The molecule has 0 aromatic heterocycles. The molecule has 1 aliphatic rings. The van der Waals surface area contributed by atoms with Gasteiger partial charge in [-0.2, -0.15) is 5.10 Å². The van der Waals surface area contributed by atoms with Crippen molar-refractivity contribution in [2.45, 2.75) is 18.3 Å². The van der Waals surface area contributed by atoms with E-state index in [4.69, 9.17) is 14.6 Å². The summed E-state index contributed by atoms with van der Waals surface area (Å²) < 4.78 is 24.5. The van der Waals surface area contributed by atoms with E-state index in [1.165, 1.54) is 25.5 Å². The number of carboxylic acid groups (broad SMARTS) is 1. The monoisotopic (exact) mass is 431 g/mol. The fraction of sp³-hybridized carbons (Fsp3) is 0.200. The third kappa shape index (κ3) is 5.57. The molecular weight excluding hydrogens is 413 g/mol. The zero-order valence-electron chi connectivity index (χ0n) is 15.9. The number of ether oxygens (including phenoxy) is 2. The van der Waals surface area contributed by atoms with Crippen LogP contribution in [0.4, 0.5) is 4.39 Å². The summed E-state index contributed by atoms with van der Waals surface area (Å²) in [6, 6.07) is 11.3. The molecule has 0 radical (unpaired) electrons. The Balaban J connectivity index is 1.74. The van der Waals surface area contributed by atoms with Crippen molar-refractivity contribution in [1.29, 1.82) is 0 Å². The van der Waals surface area contributed by atoms with Crippen LogP contribution in [0.2, 0.25) is 0 Å². The molecule has 2 aromatic rings. The van der Waals surface area contributed by atoms with Gasteiger partial charge in [-0.3, -0.25) is 9.59 Å². The van der Waals surface area contributed by atoms with Crippen molar-refractivity contribution in [2.24, 2.45) is 10.2 Å². The Morgan fingerprint density at radius 1 is 1.33 bits per heavy atom. The molecule has 2 N–H and O–H groups in total. The van der Waals surface area contributed by atoms with Crippen LogP contribution in [0.15, 0.2) is 52.7 Å². The fourth-order valence-corrected chi connectivity index (χ4v) is 3.54. The summed E-state index contributed by atoms with van der Waals surface area (Å²) in [5, 5.41) is 18.7. The van der Waals surface area contributed by atoms with E-state index >= 15 is 0 Å². The second kappa shape index (κ2) is 9.88. The fourth-order valence-electron chi connectivity index (χ4n) is 2.62. The van der Waals surface area contributed by atoms with Crippen molar-refractivity contribution in [1.82, 2.24) is 5.32 Å². The highest BCUT2D eigenvalue weighted by molar-refractivity contribution is 8.15. The molecule has 1 atom stereocenters. The first kappa shape index (κ1) is 21.3. The number of carbonyl (C=O) groups excluding carboxylic acids is 1. The van der Waals surface area contributed by atoms with E-state index in [1.54, 1.807) is 30.3 Å². The predicted octanol–water partition coefficient (Wildman–Crippen LogP) is 2.81. The largest absolute Gasteiger partial charge is 0.493 e. The van der Waals surface area contributed by atoms with Crippen LogP contribution in [0.3, 0.4) is 0 Å². The molecule has 0 bridgehead atoms. The lowest BCUT2D eigenvalue weighted by atomic mass is 10.2. The quantitative estimate of drug-likeness (QED) is 0.491. The topological polar surface area (TPSA) is 110 Å². The summed E-state index contributed by atoms with van der Waals surface area (Å²) in [5.74, 6) is -0.972. The molecule has 1 unspecified atom stereocenters. The van der Waals surface area contributed by atoms with E-state index < -0.39 is 17.1 Å². The summed E-state index contributed by atoms with van der Waals surface area (Å²) in [7, 11) is 1.50. The van der Waals surface area contributed by atoms with Crippen LogP contribution in [0.5, 0.6) is 11.5 Å². The Morgan fingerprint density at radius 2 is 2.13 bits per heavy atom. The number of carbonyl (C=O) groups is 2. The highest BCUT2D eigenvalue weighted by Gasteiger charge is 2.32. The number of halogens is 1. The number of benzene rings is 2. The lowest BCUT2D eigenvalue weighted by molar-refractivity contribution is -0.138. The number of methoxy groups -OCH3 is 1. The van der Waals surface area contributed by atoms with E-state index in [0.29, 0.717) is 22.6 Å². The normalized spacial score (nSPS) is 17.3. The summed E-state index contributed by atoms with van der Waals surface area (Å²) in [4.78, 5) is 22.5. The first-order valence-corrected chi connectivity index (χ1v) is 9.69. The second-order valence-electron chi connectivity index (χ2n) is 6.14. The molecular formula is C20H18FN3O5S. The molecule has 0 saturated carbocycles. The molecule has 1 heterocycles. The van der Waals surface area contributed by atoms with Crippen LogP contribution >= 0.6 is 11.8 Å². The molecule has 3 rings (SSSR count). The smallest absolute Gasteiger partial charge is 0.305 e. The van der Waals surface area contributed by atoms with Gasteiger partial charge in [-0.1, -0.05) is 30.0 Å². The van der Waals surface area contributed by atoms with Gasteiger partial charge in [-0.05, 0) is 29.8 Å². The van der Waals surface area contributed by atoms with Crippen LogP contribution in [0, 0.1) is 5.82 Å². The number of aliphatic carboxylic acids is 1. The van der Waals surface area contributed by atoms with Crippen LogP contribution in [-0.4, -0.2) is 40.7 Å². The number of nitrogens with one attached hydrogen (secondary N) is 1. The van der Waals surface area contributed by atoms with Gasteiger partial charge in [0.25, 0.3) is 0 Å². The van der Waals surface area contributed by atoms with Gasteiger partial charge in [0.1, 0.15) is 17.7 Å². The van der Waals surface area contributed by atoms with Crippen LogP contribution in [0.25, 0.3) is 0 Å². The molecule has 156 valence electrons. The summed E-state index contributed by atoms with van der Waals surface area (Å²) in [6.45, 7) is 0.121. The van der Waals surface area contributed by atoms with E-state index in [-0.39, 0.29) is 24.0 Å². The van der Waals surface area contributed by atoms with Gasteiger partial charge in [0.2, 0.25) is 5.91 Å². The van der Waals surface area contributed by atoms with Crippen molar-refractivity contribution in [2.75, 3.05) is 7.11 Å². The molecule has 8 nitrogen and oxygen atoms in total. The molecule has 0 spiro atoms. The van der Waals surface area contributed by atoms with Crippen LogP contribution in [-0.2, 0) is 16.2 Å². The number of hydrogen-bond donors (Lipinski definition) is 2. The van der Waals surface area contributed by atoms with Gasteiger partial charge < -0.3 is 19.9 Å². The first-order chi connectivity index (χ1) is 14.5. The van der Waals surface area contributed by atoms with E-state index in [2.05, 4.69) is 15.5 Å². The third-order valence-corrected chi connectivity index (χ3v) is 5.06. The Labute approximate surface area is 175 Å². The number of thioether (sulfide) groups is 1. The maximum atomic E-state index is 13.4. The number of amides is 1. The second-order valence-corrected chi connectivity index (χ2v) is 7.33. The molecule has 10 heteroatoms. The number of nitrogens with zero attached hydrogens (tertiary/aromatic N) is 2. The van der Waals surface area contributed by atoms with E-state index in [9.17, 15) is 14.0 Å². The van der Waals surface area contributed by atoms with Gasteiger partial charge in [-0.15, -0.1) is 5.10 Å². The lowest BCUT2D eigenvalue weighted by Crippen LogP contribution is -2.26. The minimum atomic E-state index is -1.07. The van der Waals surface area contributed by atoms with E-state index in [1.807, 2.05) is 0 Å². The molecule has 30 heavy (non-hydrogen) atoms. The zero-order chi connectivity index (χ0) is 21.5. The van der Waals surface area contributed by atoms with Gasteiger partial charge in [0, 0.05) is 5.56 Å². The van der Waals surface area contributed by atoms with Crippen molar-refractivity contribution in [3.63, 3.8) is 0 Å². The average molecular weight is 431 g/mol. The Hall–Kier alpha value is -3.40. The molecule has 1 aliphatic heterocycles. The first-order valence-electron chi connectivity index (χ1n) is 8.81. The van der Waals surface area contributed by atoms with Gasteiger partial charge >= 0.3 is 5.97 Å². The molecule has 1 amide bonds. The molecule has 1 saturated heterocycles.